The van der Waals surface area contributed by atoms with E-state index >= 15 is 0 Å². The Morgan fingerprint density at radius 1 is 1.00 bits per heavy atom. The first kappa shape index (κ1) is 13.5. The summed E-state index contributed by atoms with van der Waals surface area (Å²) in [4.78, 5) is 9.11. The third-order valence-electron chi connectivity index (χ3n) is 3.25. The van der Waals surface area contributed by atoms with Gasteiger partial charge in [-0.05, 0) is 38.0 Å². The van der Waals surface area contributed by atoms with Crippen LogP contribution in [0.3, 0.4) is 0 Å². The van der Waals surface area contributed by atoms with Gasteiger partial charge in [0.2, 0.25) is 0 Å². The maximum absolute atomic E-state index is 4.62. The zero-order valence-corrected chi connectivity index (χ0v) is 12.1. The Bertz CT molecular complexity index is 576. The van der Waals surface area contributed by atoms with Gasteiger partial charge in [0.25, 0.3) is 0 Å². The molecule has 0 bridgehead atoms. The molecule has 0 spiro atoms. The molecule has 0 atom stereocenters. The number of aromatic nitrogens is 2. The average molecular weight is 255 g/mol. The molecule has 0 radical (unpaired) electrons. The van der Waals surface area contributed by atoms with E-state index in [2.05, 4.69) is 61.2 Å². The van der Waals surface area contributed by atoms with E-state index in [0.29, 0.717) is 0 Å². The smallest absolute Gasteiger partial charge is 0.131 e. The van der Waals surface area contributed by atoms with Crippen LogP contribution in [0.25, 0.3) is 11.3 Å². The van der Waals surface area contributed by atoms with Gasteiger partial charge >= 0.3 is 0 Å². The molecule has 0 amide bonds. The van der Waals surface area contributed by atoms with Gasteiger partial charge in [0.15, 0.2) is 0 Å². The summed E-state index contributed by atoms with van der Waals surface area (Å²) in [6.07, 6.45) is 0.844. The molecule has 2 aromatic rings. The Morgan fingerprint density at radius 2 is 1.79 bits per heavy atom. The van der Waals surface area contributed by atoms with Gasteiger partial charge in [0.1, 0.15) is 11.6 Å². The summed E-state index contributed by atoms with van der Waals surface area (Å²) in [7, 11) is 0. The number of nitrogens with zero attached hydrogens (tertiary/aromatic N) is 2. The number of hydrogen-bond acceptors (Lipinski definition) is 3. The Labute approximate surface area is 115 Å². The highest BCUT2D eigenvalue weighted by atomic mass is 15.0. The lowest BCUT2D eigenvalue weighted by molar-refractivity contribution is 0.939. The van der Waals surface area contributed by atoms with Crippen LogP contribution in [0.2, 0.25) is 0 Å². The van der Waals surface area contributed by atoms with Gasteiger partial charge < -0.3 is 5.32 Å². The van der Waals surface area contributed by atoms with E-state index in [0.717, 1.165) is 35.9 Å². The van der Waals surface area contributed by atoms with Crippen molar-refractivity contribution in [3.05, 3.63) is 41.2 Å². The lowest BCUT2D eigenvalue weighted by Gasteiger charge is -2.09. The summed E-state index contributed by atoms with van der Waals surface area (Å²) in [5.74, 6) is 1.79. The summed E-state index contributed by atoms with van der Waals surface area (Å²) in [5, 5.41) is 3.27. The van der Waals surface area contributed by atoms with Crippen LogP contribution in [0, 0.1) is 13.8 Å². The Hall–Kier alpha value is -1.90. The Balaban J connectivity index is 2.47. The number of benzene rings is 1. The van der Waals surface area contributed by atoms with E-state index in [1.165, 1.54) is 11.1 Å². The zero-order chi connectivity index (χ0) is 13.8. The van der Waals surface area contributed by atoms with Crippen molar-refractivity contribution in [3.63, 3.8) is 0 Å². The molecule has 0 fully saturated rings. The molecule has 3 nitrogen and oxygen atoms in total. The minimum atomic E-state index is 0.844. The molecule has 0 aliphatic rings. The topological polar surface area (TPSA) is 37.8 Å². The first-order valence-electron chi connectivity index (χ1n) is 6.83. The molecule has 0 saturated carbocycles. The molecule has 1 heterocycles. The molecule has 0 saturated heterocycles. The Kier molecular flexibility index (Phi) is 4.15. The van der Waals surface area contributed by atoms with Gasteiger partial charge in [-0.2, -0.15) is 0 Å². The standard InChI is InChI=1S/C16H21N3/c1-5-15-18-14(10-16(19-15)17-6-2)13-8-7-11(3)12(4)9-13/h7-10H,5-6H2,1-4H3,(H,17,18,19). The molecule has 3 heteroatoms. The maximum Gasteiger partial charge on any atom is 0.131 e. The van der Waals surface area contributed by atoms with Gasteiger partial charge in [-0.3, -0.25) is 0 Å². The predicted octanol–water partition coefficient (Wildman–Crippen LogP) is 3.75. The zero-order valence-electron chi connectivity index (χ0n) is 12.1. The highest BCUT2D eigenvalue weighted by Crippen LogP contribution is 2.22. The fourth-order valence-corrected chi connectivity index (χ4v) is 1.98. The van der Waals surface area contributed by atoms with Crippen molar-refractivity contribution in [3.8, 4) is 11.3 Å². The third kappa shape index (κ3) is 3.11. The molecular weight excluding hydrogens is 234 g/mol. The quantitative estimate of drug-likeness (QED) is 0.904. The summed E-state index contributed by atoms with van der Waals surface area (Å²) in [6.45, 7) is 9.28. The van der Waals surface area contributed by atoms with Crippen molar-refractivity contribution >= 4 is 5.82 Å². The van der Waals surface area contributed by atoms with Crippen LogP contribution in [0.1, 0.15) is 30.8 Å². The number of aryl methyl sites for hydroxylation is 3. The van der Waals surface area contributed by atoms with Crippen molar-refractivity contribution in [2.24, 2.45) is 0 Å². The van der Waals surface area contributed by atoms with E-state index in [1.54, 1.807) is 0 Å². The molecule has 2 rings (SSSR count). The van der Waals surface area contributed by atoms with Gasteiger partial charge in [-0.25, -0.2) is 9.97 Å². The normalized spacial score (nSPS) is 10.5. The lowest BCUT2D eigenvalue weighted by Crippen LogP contribution is -2.04. The summed E-state index contributed by atoms with van der Waals surface area (Å²) in [5.41, 5.74) is 4.74. The van der Waals surface area contributed by atoms with Crippen LogP contribution >= 0.6 is 0 Å². The number of anilines is 1. The SMILES string of the molecule is CCNc1cc(-c2ccc(C)c(C)c2)nc(CC)n1. The fourth-order valence-electron chi connectivity index (χ4n) is 1.98. The van der Waals surface area contributed by atoms with Crippen LogP contribution in [0.15, 0.2) is 24.3 Å². The molecule has 0 aliphatic carbocycles. The highest BCUT2D eigenvalue weighted by molar-refractivity contribution is 5.64. The second kappa shape index (κ2) is 5.83. The minimum absolute atomic E-state index is 0.844. The first-order valence-corrected chi connectivity index (χ1v) is 6.83. The van der Waals surface area contributed by atoms with Crippen LogP contribution in [-0.4, -0.2) is 16.5 Å². The predicted molar refractivity (Wildman–Crippen MR) is 80.5 cm³/mol. The van der Waals surface area contributed by atoms with E-state index in [1.807, 2.05) is 6.07 Å². The second-order valence-corrected chi connectivity index (χ2v) is 4.74. The lowest BCUT2D eigenvalue weighted by atomic mass is 10.0. The van der Waals surface area contributed by atoms with Gasteiger partial charge in [-0.1, -0.05) is 19.1 Å². The van der Waals surface area contributed by atoms with E-state index < -0.39 is 0 Å². The molecule has 19 heavy (non-hydrogen) atoms. The molecule has 0 aliphatic heterocycles. The van der Waals surface area contributed by atoms with Crippen LogP contribution in [0.4, 0.5) is 5.82 Å². The monoisotopic (exact) mass is 255 g/mol. The second-order valence-electron chi connectivity index (χ2n) is 4.74. The largest absolute Gasteiger partial charge is 0.370 e. The third-order valence-corrected chi connectivity index (χ3v) is 3.25. The van der Waals surface area contributed by atoms with Gasteiger partial charge in [0, 0.05) is 24.6 Å². The maximum atomic E-state index is 4.62. The van der Waals surface area contributed by atoms with Gasteiger partial charge in [0.05, 0.1) is 5.69 Å². The van der Waals surface area contributed by atoms with Crippen molar-refractivity contribution < 1.29 is 0 Å². The minimum Gasteiger partial charge on any atom is -0.370 e. The molecule has 1 N–H and O–H groups in total. The molecule has 1 aromatic heterocycles. The van der Waals surface area contributed by atoms with Crippen molar-refractivity contribution in [1.29, 1.82) is 0 Å². The highest BCUT2D eigenvalue weighted by Gasteiger charge is 2.06. The van der Waals surface area contributed by atoms with Crippen molar-refractivity contribution in [1.82, 2.24) is 9.97 Å². The van der Waals surface area contributed by atoms with Crippen molar-refractivity contribution in [2.75, 3.05) is 11.9 Å². The van der Waals surface area contributed by atoms with Gasteiger partial charge in [-0.15, -0.1) is 0 Å². The number of rotatable bonds is 4. The van der Waals surface area contributed by atoms with E-state index in [9.17, 15) is 0 Å². The average Bonchev–Trinajstić information content (AvgIpc) is 2.42. The van der Waals surface area contributed by atoms with Crippen LogP contribution in [0.5, 0.6) is 0 Å². The van der Waals surface area contributed by atoms with Crippen molar-refractivity contribution in [2.45, 2.75) is 34.1 Å². The molecule has 1 aromatic carbocycles. The van der Waals surface area contributed by atoms with Crippen LogP contribution < -0.4 is 5.32 Å². The summed E-state index contributed by atoms with van der Waals surface area (Å²) >= 11 is 0. The summed E-state index contributed by atoms with van der Waals surface area (Å²) in [6, 6.07) is 8.48. The molecular formula is C16H21N3. The first-order chi connectivity index (χ1) is 9.13. The molecule has 100 valence electrons. The number of nitrogens with one attached hydrogen (secondary N) is 1. The van der Waals surface area contributed by atoms with E-state index in [4.69, 9.17) is 0 Å². The molecule has 0 unspecified atom stereocenters. The number of hydrogen-bond donors (Lipinski definition) is 1. The van der Waals surface area contributed by atoms with E-state index in [-0.39, 0.29) is 0 Å². The fraction of sp³-hybridized carbons (Fsp3) is 0.375. The Morgan fingerprint density at radius 3 is 2.42 bits per heavy atom. The summed E-state index contributed by atoms with van der Waals surface area (Å²) < 4.78 is 0. The van der Waals surface area contributed by atoms with Crippen LogP contribution in [-0.2, 0) is 6.42 Å².